The van der Waals surface area contributed by atoms with E-state index in [4.69, 9.17) is 0 Å². The second kappa shape index (κ2) is 9.43. The van der Waals surface area contributed by atoms with Crippen molar-refractivity contribution >= 4 is 5.91 Å². The van der Waals surface area contributed by atoms with Crippen LogP contribution in [0, 0.1) is 39.0 Å². The van der Waals surface area contributed by atoms with E-state index in [1.165, 1.54) is 5.56 Å². The lowest BCUT2D eigenvalue weighted by Crippen LogP contribution is -2.24. The normalized spacial score (nSPS) is 10.7. The van der Waals surface area contributed by atoms with E-state index in [9.17, 15) is 14.9 Å². The number of rotatable bonds is 7. The van der Waals surface area contributed by atoms with Crippen LogP contribution in [0.25, 0.3) is 0 Å². The summed E-state index contributed by atoms with van der Waals surface area (Å²) < 4.78 is 1.96. The molecular weight excluding hydrogens is 390 g/mol. The van der Waals surface area contributed by atoms with Gasteiger partial charge < -0.3 is 10.3 Å². The molecule has 1 amide bonds. The maximum absolute atomic E-state index is 12.5. The molecule has 7 heteroatoms. The minimum absolute atomic E-state index is 0.0851. The zero-order valence-electron chi connectivity index (χ0n) is 18.4. The molecule has 0 saturated carbocycles. The molecule has 0 aliphatic carbocycles. The smallest absolute Gasteiger partial charge is 0.266 e. The summed E-state index contributed by atoms with van der Waals surface area (Å²) in [7, 11) is 0. The first-order chi connectivity index (χ1) is 14.8. The average molecular weight is 418 g/mol. The van der Waals surface area contributed by atoms with Crippen LogP contribution in [-0.2, 0) is 24.3 Å². The molecule has 7 nitrogen and oxygen atoms in total. The monoisotopic (exact) mass is 417 g/mol. The molecule has 2 N–H and O–H groups in total. The molecule has 3 aromatic rings. The van der Waals surface area contributed by atoms with E-state index in [2.05, 4.69) is 27.5 Å². The van der Waals surface area contributed by atoms with Gasteiger partial charge in [-0.15, -0.1) is 0 Å². The highest BCUT2D eigenvalue weighted by molar-refractivity contribution is 5.76. The largest absolute Gasteiger partial charge is 0.352 e. The molecule has 0 aliphatic rings. The van der Waals surface area contributed by atoms with Crippen LogP contribution in [0.5, 0.6) is 0 Å². The predicted octanol–water partition coefficient (Wildman–Crippen LogP) is 2.97. The fraction of sp³-hybridized carbons (Fsp3) is 0.333. The number of nitriles is 1. The number of aromatic nitrogens is 3. The van der Waals surface area contributed by atoms with Gasteiger partial charge >= 0.3 is 0 Å². The van der Waals surface area contributed by atoms with Crippen molar-refractivity contribution in [3.05, 3.63) is 85.6 Å². The summed E-state index contributed by atoms with van der Waals surface area (Å²) >= 11 is 0. The van der Waals surface area contributed by atoms with Crippen molar-refractivity contribution in [1.29, 1.82) is 5.26 Å². The number of nitrogens with zero attached hydrogens (tertiary/aromatic N) is 3. The fourth-order valence-corrected chi connectivity index (χ4v) is 3.83. The summed E-state index contributed by atoms with van der Waals surface area (Å²) in [5, 5.41) is 16.8. The van der Waals surface area contributed by atoms with Gasteiger partial charge in [0, 0.05) is 29.9 Å². The van der Waals surface area contributed by atoms with Gasteiger partial charge in [0.25, 0.3) is 5.56 Å². The number of benzene rings is 1. The molecule has 160 valence electrons. The molecule has 0 aliphatic heterocycles. The number of nitrogens with one attached hydrogen (secondary N) is 2. The minimum atomic E-state index is -0.385. The van der Waals surface area contributed by atoms with Crippen molar-refractivity contribution in [1.82, 2.24) is 20.1 Å². The van der Waals surface area contributed by atoms with E-state index < -0.39 is 0 Å². The highest BCUT2D eigenvalue weighted by Gasteiger charge is 2.15. The lowest BCUT2D eigenvalue weighted by atomic mass is 9.99. The van der Waals surface area contributed by atoms with Crippen molar-refractivity contribution < 1.29 is 4.79 Å². The van der Waals surface area contributed by atoms with Gasteiger partial charge in [0.15, 0.2) is 0 Å². The molecule has 0 spiro atoms. The topological polar surface area (TPSA) is 104 Å². The lowest BCUT2D eigenvalue weighted by Gasteiger charge is -2.11. The average Bonchev–Trinajstić information content (AvgIpc) is 2.99. The van der Waals surface area contributed by atoms with Gasteiger partial charge in [-0.25, -0.2) is 0 Å². The highest BCUT2D eigenvalue weighted by atomic mass is 16.1. The van der Waals surface area contributed by atoms with E-state index in [-0.39, 0.29) is 23.5 Å². The summed E-state index contributed by atoms with van der Waals surface area (Å²) in [6.45, 7) is 8.61. The summed E-state index contributed by atoms with van der Waals surface area (Å²) in [6.07, 6.45) is 0.731. The van der Waals surface area contributed by atoms with Crippen LogP contribution in [0.1, 0.15) is 51.3 Å². The maximum atomic E-state index is 12.5. The Morgan fingerprint density at radius 1 is 1.16 bits per heavy atom. The highest BCUT2D eigenvalue weighted by Crippen LogP contribution is 2.16. The predicted molar refractivity (Wildman–Crippen MR) is 119 cm³/mol. The van der Waals surface area contributed by atoms with Crippen molar-refractivity contribution in [2.75, 3.05) is 0 Å². The van der Waals surface area contributed by atoms with Crippen LogP contribution >= 0.6 is 0 Å². The number of amides is 1. The number of hydrogen-bond donors (Lipinski definition) is 2. The van der Waals surface area contributed by atoms with Crippen LogP contribution in [0.4, 0.5) is 0 Å². The molecule has 0 saturated heterocycles. The quantitative estimate of drug-likeness (QED) is 0.617. The van der Waals surface area contributed by atoms with Crippen LogP contribution in [0.3, 0.4) is 0 Å². The van der Waals surface area contributed by atoms with Crippen LogP contribution in [-0.4, -0.2) is 20.7 Å². The molecule has 2 heterocycles. The molecule has 0 bridgehead atoms. The summed E-state index contributed by atoms with van der Waals surface area (Å²) in [4.78, 5) is 27.0. The Morgan fingerprint density at radius 2 is 1.87 bits per heavy atom. The molecule has 0 radical (unpaired) electrons. The first kappa shape index (κ1) is 22.0. The molecule has 2 aromatic heterocycles. The second-order valence-corrected chi connectivity index (χ2v) is 7.74. The Kier molecular flexibility index (Phi) is 6.71. The Balaban J connectivity index is 1.63. The number of aryl methyl sites for hydroxylation is 2. The Morgan fingerprint density at radius 3 is 2.55 bits per heavy atom. The van der Waals surface area contributed by atoms with Gasteiger partial charge in [-0.2, -0.15) is 10.4 Å². The summed E-state index contributed by atoms with van der Waals surface area (Å²) in [6, 6.07) is 12.1. The van der Waals surface area contributed by atoms with E-state index in [0.29, 0.717) is 30.8 Å². The molecule has 1 aromatic carbocycles. The number of carbonyl (C=O) groups is 1. The van der Waals surface area contributed by atoms with Crippen LogP contribution in [0.2, 0.25) is 0 Å². The van der Waals surface area contributed by atoms with Gasteiger partial charge in [0.2, 0.25) is 5.91 Å². The molecule has 0 unspecified atom stereocenters. The molecule has 31 heavy (non-hydrogen) atoms. The number of carbonyl (C=O) groups excluding carboxylic acids is 1. The zero-order chi connectivity index (χ0) is 22.5. The molecule has 0 fully saturated rings. The van der Waals surface area contributed by atoms with Crippen LogP contribution in [0.15, 0.2) is 35.1 Å². The number of aromatic amines is 1. The molecule has 3 rings (SSSR count). The van der Waals surface area contributed by atoms with E-state index in [0.717, 1.165) is 22.5 Å². The lowest BCUT2D eigenvalue weighted by molar-refractivity contribution is -0.121. The Labute approximate surface area is 181 Å². The molecule has 0 atom stereocenters. The van der Waals surface area contributed by atoms with Gasteiger partial charge in [-0.1, -0.05) is 30.3 Å². The number of H-pyrrole nitrogens is 1. The third-order valence-electron chi connectivity index (χ3n) is 5.69. The van der Waals surface area contributed by atoms with Crippen molar-refractivity contribution in [2.45, 2.75) is 53.6 Å². The molecular formula is C24H27N5O2. The second-order valence-electron chi connectivity index (χ2n) is 7.74. The van der Waals surface area contributed by atoms with Crippen molar-refractivity contribution in [2.24, 2.45) is 0 Å². The van der Waals surface area contributed by atoms with E-state index in [1.807, 2.05) is 42.8 Å². The van der Waals surface area contributed by atoms with Gasteiger partial charge in [-0.3, -0.25) is 14.3 Å². The number of pyridine rings is 1. The van der Waals surface area contributed by atoms with Gasteiger partial charge in [0.1, 0.15) is 11.6 Å². The van der Waals surface area contributed by atoms with Crippen LogP contribution < -0.4 is 10.9 Å². The standard InChI is InChI=1S/C24H27N5O2/c1-15-20(16(2)27-24(31)21(15)12-25)10-11-23(30)26-13-22-17(3)28-29(18(22)4)14-19-8-6-5-7-9-19/h5-9H,10-11,13-14H2,1-4H3,(H,26,30)(H,27,31). The first-order valence-corrected chi connectivity index (χ1v) is 10.3. The van der Waals surface area contributed by atoms with Crippen molar-refractivity contribution in [3.8, 4) is 6.07 Å². The Bertz CT molecular complexity index is 1200. The fourth-order valence-electron chi connectivity index (χ4n) is 3.83. The first-order valence-electron chi connectivity index (χ1n) is 10.3. The van der Waals surface area contributed by atoms with E-state index >= 15 is 0 Å². The Hall–Kier alpha value is -3.66. The summed E-state index contributed by atoms with van der Waals surface area (Å²) in [5.41, 5.74) is 6.04. The van der Waals surface area contributed by atoms with Gasteiger partial charge in [-0.05, 0) is 50.8 Å². The van der Waals surface area contributed by atoms with E-state index in [1.54, 1.807) is 13.8 Å². The van der Waals surface area contributed by atoms with Crippen molar-refractivity contribution in [3.63, 3.8) is 0 Å². The number of hydrogen-bond acceptors (Lipinski definition) is 4. The SMILES string of the molecule is Cc1nn(Cc2ccccc2)c(C)c1CNC(=O)CCc1c(C)[nH]c(=O)c(C#N)c1C. The maximum Gasteiger partial charge on any atom is 0.266 e. The minimum Gasteiger partial charge on any atom is -0.352 e. The zero-order valence-corrected chi connectivity index (χ0v) is 18.4. The van der Waals surface area contributed by atoms with Gasteiger partial charge in [0.05, 0.1) is 12.2 Å². The third-order valence-corrected chi connectivity index (χ3v) is 5.69. The third kappa shape index (κ3) is 4.92. The summed E-state index contributed by atoms with van der Waals surface area (Å²) in [5.74, 6) is -0.0851.